The van der Waals surface area contributed by atoms with E-state index in [1.54, 1.807) is 0 Å². The molecule has 0 aromatic rings. The van der Waals surface area contributed by atoms with Crippen LogP contribution in [-0.2, 0) is 4.79 Å². The Balaban J connectivity index is -0.000000320. The van der Waals surface area contributed by atoms with Gasteiger partial charge in [0.1, 0.15) is 0 Å². The van der Waals surface area contributed by atoms with Crippen LogP contribution in [0.1, 0.15) is 15.3 Å². The van der Waals surface area contributed by atoms with Gasteiger partial charge < -0.3 is 6.74 Å². The molecule has 0 bridgehead atoms. The Morgan fingerprint density at radius 3 is 2.60 bits per heavy atom. The second-order valence-electron chi connectivity index (χ2n) is 2.34. The first kappa shape index (κ1) is 12.8. The molecule has 0 spiro atoms. The van der Waals surface area contributed by atoms with Gasteiger partial charge in [0.25, 0.3) is 0 Å². The van der Waals surface area contributed by atoms with E-state index in [1.807, 2.05) is 13.8 Å². The largest absolute Gasteiger partial charge is 1.00 e. The summed E-state index contributed by atoms with van der Waals surface area (Å²) in [4.78, 5) is 10.5. The number of amides is 1. The van der Waals surface area contributed by atoms with Crippen LogP contribution in [0.4, 0.5) is 0 Å². The second-order valence-corrected chi connectivity index (χ2v) is 2.34. The fraction of sp³-hybridized carbons (Fsp3) is 0.571. The van der Waals surface area contributed by atoms with Crippen LogP contribution in [0.25, 0.3) is 0 Å². The first-order chi connectivity index (χ1) is 4.16. The summed E-state index contributed by atoms with van der Waals surface area (Å²) in [5.41, 5.74) is 0. The predicted molar refractivity (Wildman–Crippen MR) is 39.2 cm³/mol. The van der Waals surface area contributed by atoms with Crippen molar-refractivity contribution in [2.75, 3.05) is 6.54 Å². The van der Waals surface area contributed by atoms with Crippen LogP contribution in [0.5, 0.6) is 0 Å². The quantitative estimate of drug-likeness (QED) is 0.369. The van der Waals surface area contributed by atoms with Crippen molar-refractivity contribution in [2.45, 2.75) is 13.8 Å². The molecule has 0 unspecified atom stereocenters. The van der Waals surface area contributed by atoms with E-state index >= 15 is 0 Å². The molecular formula is C7H14NNaO. The Morgan fingerprint density at radius 1 is 1.80 bits per heavy atom. The molecule has 0 saturated heterocycles. The number of hydrogen-bond acceptors (Lipinski definition) is 1. The summed E-state index contributed by atoms with van der Waals surface area (Å²) in [5.74, 6) is 0.414. The first-order valence-corrected chi connectivity index (χ1v) is 3.07. The summed E-state index contributed by atoms with van der Waals surface area (Å²) in [7, 11) is 0. The van der Waals surface area contributed by atoms with Crippen LogP contribution < -0.4 is 34.9 Å². The van der Waals surface area contributed by atoms with Gasteiger partial charge in [0.05, 0.1) is 0 Å². The van der Waals surface area contributed by atoms with Crippen molar-refractivity contribution in [3.63, 3.8) is 0 Å². The Morgan fingerprint density at radius 2 is 2.30 bits per heavy atom. The van der Waals surface area contributed by atoms with E-state index in [-0.39, 0.29) is 36.9 Å². The summed E-state index contributed by atoms with van der Waals surface area (Å²) in [6.45, 7) is 8.14. The molecule has 0 rings (SSSR count). The topological polar surface area (TPSA) is 29.1 Å². The molecule has 0 atom stereocenters. The summed E-state index contributed by atoms with van der Waals surface area (Å²) < 4.78 is 0. The van der Waals surface area contributed by atoms with E-state index in [2.05, 4.69) is 11.9 Å². The van der Waals surface area contributed by atoms with Crippen LogP contribution in [0.3, 0.4) is 0 Å². The molecule has 2 nitrogen and oxygen atoms in total. The van der Waals surface area contributed by atoms with Crippen molar-refractivity contribution in [1.29, 1.82) is 0 Å². The van der Waals surface area contributed by atoms with Crippen molar-refractivity contribution >= 4 is 5.91 Å². The molecular weight excluding hydrogens is 137 g/mol. The second kappa shape index (κ2) is 7.32. The SMILES string of the molecule is C=CC(=O)NCC(C)C.[H-].[Na+]. The molecule has 0 fully saturated rings. The van der Waals surface area contributed by atoms with Crippen molar-refractivity contribution in [2.24, 2.45) is 5.92 Å². The number of nitrogens with one attached hydrogen (secondary N) is 1. The molecule has 0 saturated carbocycles. The smallest absolute Gasteiger partial charge is 1.00 e. The zero-order chi connectivity index (χ0) is 7.28. The van der Waals surface area contributed by atoms with Gasteiger partial charge in [-0.25, -0.2) is 0 Å². The fourth-order valence-electron chi connectivity index (χ4n) is 0.377. The van der Waals surface area contributed by atoms with Crippen molar-refractivity contribution in [1.82, 2.24) is 5.32 Å². The maximum atomic E-state index is 10.5. The maximum absolute atomic E-state index is 10.5. The molecule has 0 aliphatic rings. The molecule has 0 aromatic heterocycles. The van der Waals surface area contributed by atoms with E-state index in [0.717, 1.165) is 6.54 Å². The molecule has 1 N–H and O–H groups in total. The third kappa shape index (κ3) is 8.21. The van der Waals surface area contributed by atoms with Crippen molar-refractivity contribution in [3.05, 3.63) is 12.7 Å². The van der Waals surface area contributed by atoms with Crippen LogP contribution in [-0.4, -0.2) is 12.5 Å². The van der Waals surface area contributed by atoms with Crippen LogP contribution in [0, 0.1) is 5.92 Å². The Bertz CT molecular complexity index is 117. The molecule has 3 heteroatoms. The summed E-state index contributed by atoms with van der Waals surface area (Å²) in [6, 6.07) is 0. The molecule has 0 aliphatic carbocycles. The van der Waals surface area contributed by atoms with Gasteiger partial charge in [0.2, 0.25) is 5.91 Å². The third-order valence-corrected chi connectivity index (χ3v) is 0.870. The fourth-order valence-corrected chi connectivity index (χ4v) is 0.377. The van der Waals surface area contributed by atoms with Gasteiger partial charge in [0.15, 0.2) is 0 Å². The third-order valence-electron chi connectivity index (χ3n) is 0.870. The molecule has 0 aliphatic heterocycles. The van der Waals surface area contributed by atoms with Crippen molar-refractivity contribution in [3.8, 4) is 0 Å². The molecule has 0 heterocycles. The average molecular weight is 151 g/mol. The summed E-state index contributed by atoms with van der Waals surface area (Å²) in [6.07, 6.45) is 1.28. The number of hydrogen-bond donors (Lipinski definition) is 1. The normalized spacial score (nSPS) is 8.30. The molecule has 0 radical (unpaired) electrons. The number of rotatable bonds is 3. The maximum Gasteiger partial charge on any atom is 1.00 e. The van der Waals surface area contributed by atoms with Gasteiger partial charge in [-0.15, -0.1) is 0 Å². The minimum atomic E-state index is -0.0938. The minimum Gasteiger partial charge on any atom is -1.00 e. The van der Waals surface area contributed by atoms with Crippen molar-refractivity contribution < 1.29 is 35.8 Å². The van der Waals surface area contributed by atoms with Crippen LogP contribution in [0.2, 0.25) is 0 Å². The van der Waals surface area contributed by atoms with E-state index in [9.17, 15) is 4.79 Å². The average Bonchev–Trinajstić information content (AvgIpc) is 1.83. The van der Waals surface area contributed by atoms with Crippen LogP contribution >= 0.6 is 0 Å². The first-order valence-electron chi connectivity index (χ1n) is 3.07. The van der Waals surface area contributed by atoms with E-state index in [1.165, 1.54) is 6.08 Å². The zero-order valence-electron chi connectivity index (χ0n) is 7.98. The van der Waals surface area contributed by atoms with E-state index in [4.69, 9.17) is 0 Å². The van der Waals surface area contributed by atoms with Gasteiger partial charge in [0, 0.05) is 6.54 Å². The standard InChI is InChI=1S/C7H13NO.Na.H/c1-4-7(9)8-5-6(2)3;;/h4,6H,1,5H2,2-3H3,(H,8,9);;/q;+1;-1. The van der Waals surface area contributed by atoms with Gasteiger partial charge in [-0.3, -0.25) is 4.79 Å². The molecule has 0 aromatic carbocycles. The minimum absolute atomic E-state index is 0. The van der Waals surface area contributed by atoms with Gasteiger partial charge in [-0.1, -0.05) is 20.4 Å². The number of carbonyl (C=O) groups is 1. The molecule has 10 heavy (non-hydrogen) atoms. The molecule has 54 valence electrons. The Labute approximate surface area is 85.8 Å². The zero-order valence-corrected chi connectivity index (χ0v) is 8.98. The summed E-state index contributed by atoms with van der Waals surface area (Å²) in [5, 5.41) is 2.67. The number of carbonyl (C=O) groups excluding carboxylic acids is 1. The molecule has 1 amide bonds. The van der Waals surface area contributed by atoms with E-state index in [0.29, 0.717) is 5.92 Å². The van der Waals surface area contributed by atoms with Gasteiger partial charge >= 0.3 is 29.6 Å². The Kier molecular flexibility index (Phi) is 9.40. The predicted octanol–water partition coefficient (Wildman–Crippen LogP) is -1.94. The van der Waals surface area contributed by atoms with E-state index < -0.39 is 0 Å². The van der Waals surface area contributed by atoms with Crippen LogP contribution in [0.15, 0.2) is 12.7 Å². The van der Waals surface area contributed by atoms with Gasteiger partial charge in [-0.2, -0.15) is 0 Å². The van der Waals surface area contributed by atoms with Gasteiger partial charge in [-0.05, 0) is 12.0 Å². The monoisotopic (exact) mass is 151 g/mol. The summed E-state index contributed by atoms with van der Waals surface area (Å²) >= 11 is 0. The Hall–Kier alpha value is 0.210.